The molecule has 0 spiro atoms. The molecule has 1 aromatic carbocycles. The van der Waals surface area contributed by atoms with Crippen molar-refractivity contribution in [3.63, 3.8) is 0 Å². The van der Waals surface area contributed by atoms with Gasteiger partial charge in [0.25, 0.3) is 0 Å². The quantitative estimate of drug-likeness (QED) is 0.396. The van der Waals surface area contributed by atoms with Crippen LogP contribution in [0.25, 0.3) is 5.82 Å². The highest BCUT2D eigenvalue weighted by molar-refractivity contribution is 5.98. The second-order valence-corrected chi connectivity index (χ2v) is 10.1. The third-order valence-corrected chi connectivity index (χ3v) is 7.54. The minimum atomic E-state index is -1.85. The summed E-state index contributed by atoms with van der Waals surface area (Å²) in [7, 11) is 0. The average molecular weight is 534 g/mol. The lowest BCUT2D eigenvalue weighted by Crippen LogP contribution is -2.52. The van der Waals surface area contributed by atoms with Crippen LogP contribution in [0.2, 0.25) is 0 Å². The second kappa shape index (κ2) is 12.0. The Hall–Kier alpha value is -3.64. The van der Waals surface area contributed by atoms with Crippen molar-refractivity contribution in [2.45, 2.75) is 62.9 Å². The number of fused-ring (bicyclic) bond motifs is 1. The zero-order chi connectivity index (χ0) is 27.4. The molecule has 3 aromatic rings. The van der Waals surface area contributed by atoms with Gasteiger partial charge in [-0.25, -0.2) is 9.67 Å². The summed E-state index contributed by atoms with van der Waals surface area (Å²) in [5.41, 5.74) is 6.78. The highest BCUT2D eigenvalue weighted by Gasteiger charge is 2.34. The summed E-state index contributed by atoms with van der Waals surface area (Å²) in [4.78, 5) is 32.0. The number of carbonyl (C=O) groups is 2. The number of ether oxygens (including phenoxy) is 1. The second-order valence-electron chi connectivity index (χ2n) is 10.1. The van der Waals surface area contributed by atoms with E-state index in [0.717, 1.165) is 25.1 Å². The van der Waals surface area contributed by atoms with Gasteiger partial charge in [-0.1, -0.05) is 43.2 Å². The first-order valence-electron chi connectivity index (χ1n) is 13.3. The molecule has 206 valence electrons. The normalized spacial score (nSPS) is 21.1. The van der Waals surface area contributed by atoms with Crippen LogP contribution in [0.3, 0.4) is 0 Å². The Morgan fingerprint density at radius 2 is 1.95 bits per heavy atom. The van der Waals surface area contributed by atoms with E-state index in [2.05, 4.69) is 15.0 Å². The molecule has 1 aliphatic carbocycles. The van der Waals surface area contributed by atoms with Gasteiger partial charge in [0.1, 0.15) is 0 Å². The zero-order valence-electron chi connectivity index (χ0n) is 21.6. The Morgan fingerprint density at radius 3 is 2.74 bits per heavy atom. The average Bonchev–Trinajstić information content (AvgIpc) is 3.44. The third kappa shape index (κ3) is 6.01. The highest BCUT2D eigenvalue weighted by Crippen LogP contribution is 2.29. The van der Waals surface area contributed by atoms with Crippen LogP contribution in [-0.2, 0) is 22.5 Å². The van der Waals surface area contributed by atoms with Crippen LogP contribution >= 0.6 is 0 Å². The van der Waals surface area contributed by atoms with Gasteiger partial charge < -0.3 is 25.8 Å². The Kier molecular flexibility index (Phi) is 8.32. The van der Waals surface area contributed by atoms with Crippen LogP contribution in [0.5, 0.6) is 0 Å². The van der Waals surface area contributed by atoms with E-state index in [-0.39, 0.29) is 29.0 Å². The largest absolute Gasteiger partial charge is 0.756 e. The number of morpholine rings is 1. The number of nitrogens with zero attached hydrogens (tertiary/aromatic N) is 5. The molecule has 0 bridgehead atoms. The van der Waals surface area contributed by atoms with Crippen LogP contribution in [-0.4, -0.2) is 79.1 Å². The fraction of sp³-hybridized carbons (Fsp3) is 0.429. The molecule has 1 saturated carbocycles. The molecule has 5 rings (SSSR count). The van der Waals surface area contributed by atoms with Gasteiger partial charge in [0.2, 0.25) is 11.8 Å². The zero-order valence-corrected chi connectivity index (χ0v) is 21.6. The van der Waals surface area contributed by atoms with E-state index in [4.69, 9.17) is 10.5 Å². The number of aliphatic hydroxyl groups excluding tert-OH is 1. The van der Waals surface area contributed by atoms with E-state index in [1.165, 1.54) is 29.8 Å². The molecule has 1 aliphatic heterocycles. The van der Waals surface area contributed by atoms with Gasteiger partial charge in [0.05, 0.1) is 30.0 Å². The number of aliphatic hydroxyl groups is 1. The lowest BCUT2D eigenvalue weighted by atomic mass is 9.90. The first-order chi connectivity index (χ1) is 18.9. The van der Waals surface area contributed by atoms with Crippen molar-refractivity contribution < 1.29 is 19.4 Å². The van der Waals surface area contributed by atoms with Gasteiger partial charge in [0.15, 0.2) is 11.9 Å². The summed E-state index contributed by atoms with van der Waals surface area (Å²) >= 11 is 0. The lowest BCUT2D eigenvalue weighted by Gasteiger charge is -2.43. The fourth-order valence-corrected chi connectivity index (χ4v) is 5.53. The lowest BCUT2D eigenvalue weighted by molar-refractivity contribution is -0.128. The standard InChI is InChI=1S/C28H33N6O5/c29-26(36)25(35)23(17-19-7-2-1-3-8-19)34(38)28(37)21-9-6-13-30-27(21)33-14-12-20(31-33)18-32-15-16-39-24-11-5-4-10-22(24)32/h1-3,6-9,12-14,22-25,35H,4-5,10-11,15-18H2,(H2,29,36)/q-1. The molecule has 4 atom stereocenters. The van der Waals surface area contributed by atoms with Crippen molar-refractivity contribution >= 4 is 11.8 Å². The van der Waals surface area contributed by atoms with Crippen molar-refractivity contribution in [2.75, 3.05) is 13.2 Å². The molecule has 2 amide bonds. The maximum absolute atomic E-state index is 13.4. The van der Waals surface area contributed by atoms with Crippen LogP contribution < -0.4 is 5.73 Å². The van der Waals surface area contributed by atoms with Crippen molar-refractivity contribution in [1.29, 1.82) is 0 Å². The molecular weight excluding hydrogens is 500 g/mol. The predicted molar refractivity (Wildman–Crippen MR) is 142 cm³/mol. The van der Waals surface area contributed by atoms with E-state index < -0.39 is 24.0 Å². The number of rotatable bonds is 9. The van der Waals surface area contributed by atoms with E-state index in [0.29, 0.717) is 24.8 Å². The summed E-state index contributed by atoms with van der Waals surface area (Å²) in [6.07, 6.45) is 6.15. The van der Waals surface area contributed by atoms with Gasteiger partial charge in [-0.2, -0.15) is 5.10 Å². The summed E-state index contributed by atoms with van der Waals surface area (Å²) in [6, 6.07) is 12.7. The first-order valence-corrected chi connectivity index (χ1v) is 13.3. The van der Waals surface area contributed by atoms with E-state index in [1.54, 1.807) is 42.6 Å². The molecule has 3 N–H and O–H groups in total. The summed E-state index contributed by atoms with van der Waals surface area (Å²) in [5.74, 6) is -1.86. The molecule has 11 nitrogen and oxygen atoms in total. The number of aromatic nitrogens is 3. The number of pyridine rings is 1. The SMILES string of the molecule is NC(=O)C(O)C(Cc1ccccc1)N([O-])C(=O)c1cccnc1-n1ccc(CN2CCOC3CCCCC32)n1. The molecule has 3 heterocycles. The van der Waals surface area contributed by atoms with E-state index >= 15 is 0 Å². The molecular formula is C28H33N6O5-. The first kappa shape index (κ1) is 26.9. The molecule has 4 unspecified atom stereocenters. The van der Waals surface area contributed by atoms with E-state index in [9.17, 15) is 19.9 Å². The number of carbonyl (C=O) groups excluding carboxylic acids is 2. The van der Waals surface area contributed by atoms with Gasteiger partial charge in [-0.3, -0.25) is 14.5 Å². The number of amides is 2. The van der Waals surface area contributed by atoms with Gasteiger partial charge in [-0.15, -0.1) is 0 Å². The smallest absolute Gasteiger partial charge is 0.248 e. The van der Waals surface area contributed by atoms with Crippen molar-refractivity contribution in [3.8, 4) is 5.82 Å². The molecule has 2 aliphatic rings. The number of hydrogen-bond acceptors (Lipinski definition) is 8. The monoisotopic (exact) mass is 533 g/mol. The number of hydrogen-bond donors (Lipinski definition) is 2. The summed E-state index contributed by atoms with van der Waals surface area (Å²) in [6.45, 7) is 2.17. The van der Waals surface area contributed by atoms with Crippen LogP contribution in [0.15, 0.2) is 60.9 Å². The minimum absolute atomic E-state index is 0.00407. The number of benzene rings is 1. The molecule has 2 fully saturated rings. The number of primary amides is 1. The maximum Gasteiger partial charge on any atom is 0.248 e. The maximum atomic E-state index is 13.4. The van der Waals surface area contributed by atoms with Crippen molar-refractivity contribution in [1.82, 2.24) is 24.7 Å². The summed E-state index contributed by atoms with van der Waals surface area (Å²) in [5, 5.41) is 28.5. The minimum Gasteiger partial charge on any atom is -0.756 e. The fourth-order valence-electron chi connectivity index (χ4n) is 5.53. The van der Waals surface area contributed by atoms with Gasteiger partial charge in [-0.05, 0) is 43.0 Å². The predicted octanol–water partition coefficient (Wildman–Crippen LogP) is 1.81. The highest BCUT2D eigenvalue weighted by atomic mass is 16.5. The number of nitrogens with two attached hydrogens (primary N) is 1. The van der Waals surface area contributed by atoms with Crippen molar-refractivity contribution in [2.24, 2.45) is 5.73 Å². The Bertz CT molecular complexity index is 1280. The van der Waals surface area contributed by atoms with E-state index in [1.807, 2.05) is 6.07 Å². The molecule has 11 heteroatoms. The Labute approximate surface area is 226 Å². The molecule has 39 heavy (non-hydrogen) atoms. The van der Waals surface area contributed by atoms with Gasteiger partial charge in [0, 0.05) is 31.5 Å². The topological polar surface area (TPSA) is 150 Å². The van der Waals surface area contributed by atoms with Crippen LogP contribution in [0, 0.1) is 5.21 Å². The number of hydroxylamine groups is 2. The van der Waals surface area contributed by atoms with Crippen LogP contribution in [0.4, 0.5) is 0 Å². The Balaban J connectivity index is 1.36. The Morgan fingerprint density at radius 1 is 1.15 bits per heavy atom. The summed E-state index contributed by atoms with van der Waals surface area (Å²) < 4.78 is 7.46. The van der Waals surface area contributed by atoms with Crippen molar-refractivity contribution in [3.05, 3.63) is 83.0 Å². The molecule has 0 radical (unpaired) electrons. The molecule has 1 saturated heterocycles. The van der Waals surface area contributed by atoms with Gasteiger partial charge >= 0.3 is 0 Å². The van der Waals surface area contributed by atoms with Crippen LogP contribution in [0.1, 0.15) is 47.3 Å². The molecule has 2 aromatic heterocycles. The third-order valence-electron chi connectivity index (χ3n) is 7.54.